The molecule has 122 valence electrons. The van der Waals surface area contributed by atoms with E-state index >= 15 is 0 Å². The lowest BCUT2D eigenvalue weighted by Crippen LogP contribution is -2.25. The number of carbonyl (C=O) groups excluding carboxylic acids is 1. The van der Waals surface area contributed by atoms with Gasteiger partial charge in [-0.15, -0.1) is 0 Å². The lowest BCUT2D eigenvalue weighted by molar-refractivity contribution is -0.120. The molecule has 0 bridgehead atoms. The number of amides is 1. The van der Waals surface area contributed by atoms with Crippen LogP contribution < -0.4 is 5.32 Å². The summed E-state index contributed by atoms with van der Waals surface area (Å²) in [5.41, 5.74) is 2.28. The Morgan fingerprint density at radius 1 is 1.17 bits per heavy atom. The molecule has 1 N–H and O–H groups in total. The number of ether oxygens (including phenoxy) is 1. The Morgan fingerprint density at radius 2 is 1.87 bits per heavy atom. The fraction of sp³-hybridized carbons (Fsp3) is 0.278. The summed E-state index contributed by atoms with van der Waals surface area (Å²) in [5, 5.41) is 3.03. The van der Waals surface area contributed by atoms with Gasteiger partial charge in [-0.3, -0.25) is 4.79 Å². The molecular formula is C18H19ClFNO2. The van der Waals surface area contributed by atoms with Crippen LogP contribution >= 0.6 is 11.6 Å². The van der Waals surface area contributed by atoms with E-state index < -0.39 is 5.82 Å². The number of halogens is 2. The van der Waals surface area contributed by atoms with E-state index in [4.69, 9.17) is 16.3 Å². The smallest absolute Gasteiger partial charge is 0.224 e. The zero-order chi connectivity index (χ0) is 16.7. The minimum Gasteiger partial charge on any atom is -0.377 e. The summed E-state index contributed by atoms with van der Waals surface area (Å²) < 4.78 is 19.0. The molecule has 0 radical (unpaired) electrons. The Labute approximate surface area is 140 Å². The second-order valence-electron chi connectivity index (χ2n) is 5.11. The van der Waals surface area contributed by atoms with Gasteiger partial charge in [-0.2, -0.15) is 0 Å². The van der Waals surface area contributed by atoms with Crippen LogP contribution in [0.25, 0.3) is 0 Å². The molecular weight excluding hydrogens is 317 g/mol. The van der Waals surface area contributed by atoms with Crippen LogP contribution in [0.3, 0.4) is 0 Å². The van der Waals surface area contributed by atoms with Gasteiger partial charge in [0, 0.05) is 23.7 Å². The van der Waals surface area contributed by atoms with Gasteiger partial charge < -0.3 is 10.1 Å². The topological polar surface area (TPSA) is 38.3 Å². The van der Waals surface area contributed by atoms with E-state index in [9.17, 15) is 9.18 Å². The van der Waals surface area contributed by atoms with Crippen molar-refractivity contribution in [3.05, 3.63) is 70.0 Å². The summed E-state index contributed by atoms with van der Waals surface area (Å²) >= 11 is 5.92. The third-order valence-electron chi connectivity index (χ3n) is 3.38. The predicted molar refractivity (Wildman–Crippen MR) is 88.7 cm³/mol. The zero-order valence-electron chi connectivity index (χ0n) is 12.9. The van der Waals surface area contributed by atoms with Crippen LogP contribution in [0, 0.1) is 5.82 Å². The molecule has 3 nitrogen and oxygen atoms in total. The SMILES string of the molecule is CCOCc1ccc(CNC(=O)Cc2c(F)cccc2Cl)cc1. The van der Waals surface area contributed by atoms with Gasteiger partial charge in [0.2, 0.25) is 5.91 Å². The van der Waals surface area contributed by atoms with E-state index in [1.807, 2.05) is 31.2 Å². The summed E-state index contributed by atoms with van der Waals surface area (Å²) in [5.74, 6) is -0.733. The van der Waals surface area contributed by atoms with Crippen molar-refractivity contribution in [1.29, 1.82) is 0 Å². The fourth-order valence-electron chi connectivity index (χ4n) is 2.10. The van der Waals surface area contributed by atoms with Crippen molar-refractivity contribution >= 4 is 17.5 Å². The second-order valence-corrected chi connectivity index (χ2v) is 5.51. The number of hydrogen-bond acceptors (Lipinski definition) is 2. The molecule has 0 heterocycles. The van der Waals surface area contributed by atoms with Crippen LogP contribution in [0.2, 0.25) is 5.02 Å². The number of nitrogens with one attached hydrogen (secondary N) is 1. The monoisotopic (exact) mass is 335 g/mol. The molecule has 0 aliphatic carbocycles. The van der Waals surface area contributed by atoms with Crippen LogP contribution in [-0.4, -0.2) is 12.5 Å². The Hall–Kier alpha value is -1.91. The molecule has 0 saturated heterocycles. The Bertz CT molecular complexity index is 638. The maximum absolute atomic E-state index is 13.6. The molecule has 5 heteroatoms. The van der Waals surface area contributed by atoms with Crippen molar-refractivity contribution in [3.8, 4) is 0 Å². The first-order valence-electron chi connectivity index (χ1n) is 7.45. The summed E-state index contributed by atoms with van der Waals surface area (Å²) in [7, 11) is 0. The van der Waals surface area contributed by atoms with Crippen LogP contribution in [0.1, 0.15) is 23.6 Å². The van der Waals surface area contributed by atoms with E-state index in [2.05, 4.69) is 5.32 Å². The van der Waals surface area contributed by atoms with Gasteiger partial charge in [0.1, 0.15) is 5.82 Å². The molecule has 0 aromatic heterocycles. The Kier molecular flexibility index (Phi) is 6.56. The highest BCUT2D eigenvalue weighted by atomic mass is 35.5. The van der Waals surface area contributed by atoms with Crippen molar-refractivity contribution in [2.45, 2.75) is 26.5 Å². The van der Waals surface area contributed by atoms with Gasteiger partial charge in [0.05, 0.1) is 13.0 Å². The summed E-state index contributed by atoms with van der Waals surface area (Å²) in [6.07, 6.45) is -0.0755. The number of rotatable bonds is 7. The first kappa shape index (κ1) is 17.4. The van der Waals surface area contributed by atoms with Crippen molar-refractivity contribution in [2.24, 2.45) is 0 Å². The molecule has 0 saturated carbocycles. The molecule has 0 fully saturated rings. The molecule has 0 atom stereocenters. The van der Waals surface area contributed by atoms with Crippen LogP contribution in [0.15, 0.2) is 42.5 Å². The van der Waals surface area contributed by atoms with E-state index in [1.54, 1.807) is 6.07 Å². The van der Waals surface area contributed by atoms with Crippen LogP contribution in [0.5, 0.6) is 0 Å². The summed E-state index contributed by atoms with van der Waals surface area (Å²) in [6.45, 7) is 3.59. The van der Waals surface area contributed by atoms with E-state index in [-0.39, 0.29) is 22.9 Å². The third-order valence-corrected chi connectivity index (χ3v) is 3.74. The Balaban J connectivity index is 1.87. The van der Waals surface area contributed by atoms with Crippen molar-refractivity contribution in [1.82, 2.24) is 5.32 Å². The lowest BCUT2D eigenvalue weighted by Gasteiger charge is -2.08. The third kappa shape index (κ3) is 5.34. The molecule has 0 aliphatic rings. The molecule has 0 aliphatic heterocycles. The maximum atomic E-state index is 13.6. The predicted octanol–water partition coefficient (Wildman–Crippen LogP) is 3.87. The first-order chi connectivity index (χ1) is 11.1. The minimum absolute atomic E-state index is 0.0755. The fourth-order valence-corrected chi connectivity index (χ4v) is 2.33. The second kappa shape index (κ2) is 8.65. The number of carbonyl (C=O) groups is 1. The van der Waals surface area contributed by atoms with Crippen molar-refractivity contribution in [3.63, 3.8) is 0 Å². The zero-order valence-corrected chi connectivity index (χ0v) is 13.7. The molecule has 1 amide bonds. The average Bonchev–Trinajstić information content (AvgIpc) is 2.55. The van der Waals surface area contributed by atoms with Crippen molar-refractivity contribution in [2.75, 3.05) is 6.61 Å². The van der Waals surface area contributed by atoms with Gasteiger partial charge in [0.25, 0.3) is 0 Å². The van der Waals surface area contributed by atoms with Crippen molar-refractivity contribution < 1.29 is 13.9 Å². The molecule has 0 unspecified atom stereocenters. The van der Waals surface area contributed by atoms with Gasteiger partial charge in [-0.05, 0) is 30.2 Å². The highest BCUT2D eigenvalue weighted by molar-refractivity contribution is 6.31. The van der Waals surface area contributed by atoms with Crippen LogP contribution in [-0.2, 0) is 29.1 Å². The van der Waals surface area contributed by atoms with Gasteiger partial charge in [0.15, 0.2) is 0 Å². The summed E-state index contributed by atoms with van der Waals surface area (Å²) in [6, 6.07) is 12.2. The Morgan fingerprint density at radius 3 is 2.52 bits per heavy atom. The number of benzene rings is 2. The minimum atomic E-state index is -0.465. The highest BCUT2D eigenvalue weighted by Gasteiger charge is 2.11. The quantitative estimate of drug-likeness (QED) is 0.834. The largest absolute Gasteiger partial charge is 0.377 e. The number of hydrogen-bond donors (Lipinski definition) is 1. The van der Waals surface area contributed by atoms with E-state index in [1.165, 1.54) is 12.1 Å². The standard InChI is InChI=1S/C18H19ClFNO2/c1-2-23-12-14-8-6-13(7-9-14)11-21-18(22)10-15-16(19)4-3-5-17(15)20/h3-9H,2,10-12H2,1H3,(H,21,22). The molecule has 2 aromatic carbocycles. The van der Waals surface area contributed by atoms with E-state index in [0.29, 0.717) is 19.8 Å². The first-order valence-corrected chi connectivity index (χ1v) is 7.83. The maximum Gasteiger partial charge on any atom is 0.224 e. The van der Waals surface area contributed by atoms with Gasteiger partial charge in [-0.1, -0.05) is 41.9 Å². The van der Waals surface area contributed by atoms with Gasteiger partial charge in [-0.25, -0.2) is 4.39 Å². The lowest BCUT2D eigenvalue weighted by atomic mass is 10.1. The molecule has 23 heavy (non-hydrogen) atoms. The van der Waals surface area contributed by atoms with Gasteiger partial charge >= 0.3 is 0 Å². The molecule has 0 spiro atoms. The van der Waals surface area contributed by atoms with Crippen LogP contribution in [0.4, 0.5) is 4.39 Å². The highest BCUT2D eigenvalue weighted by Crippen LogP contribution is 2.19. The molecule has 2 aromatic rings. The molecule has 2 rings (SSSR count). The normalized spacial score (nSPS) is 10.6. The average molecular weight is 336 g/mol. The van der Waals surface area contributed by atoms with E-state index in [0.717, 1.165) is 11.1 Å². The summed E-state index contributed by atoms with van der Waals surface area (Å²) in [4.78, 5) is 11.9.